The highest BCUT2D eigenvalue weighted by Gasteiger charge is 2.16. The van der Waals surface area contributed by atoms with Gasteiger partial charge in [-0.3, -0.25) is 5.32 Å². The molecular formula is C13H13N5O2S2. The first kappa shape index (κ1) is 14.7. The number of nitrogens with one attached hydrogen (secondary N) is 2. The quantitative estimate of drug-likeness (QED) is 0.764. The average Bonchev–Trinajstić information content (AvgIpc) is 3.18. The zero-order chi connectivity index (χ0) is 15.5. The Morgan fingerprint density at radius 1 is 1.36 bits per heavy atom. The molecule has 2 N–H and O–H groups in total. The van der Waals surface area contributed by atoms with Crippen LogP contribution in [-0.4, -0.2) is 21.2 Å². The van der Waals surface area contributed by atoms with E-state index in [-0.39, 0.29) is 12.0 Å². The summed E-state index contributed by atoms with van der Waals surface area (Å²) in [4.78, 5) is 18.0. The number of carbonyl (C=O) groups is 1. The van der Waals surface area contributed by atoms with Gasteiger partial charge in [-0.1, -0.05) is 11.2 Å². The number of rotatable bonds is 4. The van der Waals surface area contributed by atoms with Gasteiger partial charge in [0.15, 0.2) is 0 Å². The lowest BCUT2D eigenvalue weighted by Crippen LogP contribution is -2.27. The number of nitrogens with zero attached hydrogens (tertiary/aromatic N) is 3. The van der Waals surface area contributed by atoms with Crippen LogP contribution in [0.25, 0.3) is 10.8 Å². The molecule has 7 nitrogen and oxygen atoms in total. The molecule has 3 rings (SSSR count). The van der Waals surface area contributed by atoms with Crippen molar-refractivity contribution in [1.29, 1.82) is 0 Å². The van der Waals surface area contributed by atoms with E-state index < -0.39 is 0 Å². The minimum atomic E-state index is -0.388. The van der Waals surface area contributed by atoms with Gasteiger partial charge in [0.2, 0.25) is 0 Å². The molecule has 0 saturated carbocycles. The van der Waals surface area contributed by atoms with Crippen LogP contribution in [0.15, 0.2) is 21.9 Å². The van der Waals surface area contributed by atoms with Gasteiger partial charge in [0, 0.05) is 4.88 Å². The third kappa shape index (κ3) is 3.31. The zero-order valence-electron chi connectivity index (χ0n) is 11.9. The van der Waals surface area contributed by atoms with Gasteiger partial charge in [-0.15, -0.1) is 27.8 Å². The molecule has 0 aromatic carbocycles. The van der Waals surface area contributed by atoms with E-state index in [0.717, 1.165) is 20.5 Å². The number of amides is 2. The molecule has 0 spiro atoms. The first-order valence-corrected chi connectivity index (χ1v) is 8.16. The first-order chi connectivity index (χ1) is 10.6. The lowest BCUT2D eigenvalue weighted by molar-refractivity contribution is 0.251. The minimum absolute atomic E-state index is 0.0594. The van der Waals surface area contributed by atoms with Crippen LogP contribution < -0.4 is 10.6 Å². The number of anilines is 1. The highest BCUT2D eigenvalue weighted by molar-refractivity contribution is 7.15. The van der Waals surface area contributed by atoms with Crippen LogP contribution in [0, 0.1) is 13.8 Å². The molecule has 2 amide bonds. The predicted octanol–water partition coefficient (Wildman–Crippen LogP) is 3.19. The second-order valence-electron chi connectivity index (χ2n) is 4.45. The first-order valence-electron chi connectivity index (χ1n) is 6.47. The second-order valence-corrected chi connectivity index (χ2v) is 6.68. The molecule has 114 valence electrons. The molecule has 0 atom stereocenters. The fourth-order valence-corrected chi connectivity index (χ4v) is 3.30. The summed E-state index contributed by atoms with van der Waals surface area (Å²) in [5.74, 6) is 0.358. The van der Waals surface area contributed by atoms with Crippen molar-refractivity contribution in [2.45, 2.75) is 20.4 Å². The van der Waals surface area contributed by atoms with Crippen LogP contribution in [-0.2, 0) is 6.54 Å². The van der Waals surface area contributed by atoms with Crippen LogP contribution in [0.5, 0.6) is 0 Å². The van der Waals surface area contributed by atoms with Gasteiger partial charge in [0.25, 0.3) is 5.89 Å². The zero-order valence-corrected chi connectivity index (χ0v) is 13.5. The molecule has 0 unspecified atom stereocenters. The number of aromatic nitrogens is 3. The van der Waals surface area contributed by atoms with E-state index in [1.54, 1.807) is 11.3 Å². The number of carbonyl (C=O) groups excluding carboxylic acids is 1. The lowest BCUT2D eigenvalue weighted by atomic mass is 10.4. The van der Waals surface area contributed by atoms with Gasteiger partial charge in [0.1, 0.15) is 4.88 Å². The van der Waals surface area contributed by atoms with Crippen molar-refractivity contribution in [3.63, 3.8) is 0 Å². The van der Waals surface area contributed by atoms with E-state index in [1.165, 1.54) is 11.3 Å². The molecule has 0 fully saturated rings. The third-order valence-electron chi connectivity index (χ3n) is 2.75. The summed E-state index contributed by atoms with van der Waals surface area (Å²) in [7, 11) is 0. The Kier molecular flexibility index (Phi) is 4.16. The molecule has 0 aliphatic rings. The molecule has 9 heteroatoms. The van der Waals surface area contributed by atoms with Gasteiger partial charge in [-0.05, 0) is 25.3 Å². The number of thiazole rings is 1. The molecule has 0 saturated heterocycles. The number of thiophene rings is 1. The van der Waals surface area contributed by atoms with Gasteiger partial charge in [-0.2, -0.15) is 0 Å². The van der Waals surface area contributed by atoms with E-state index in [1.807, 2.05) is 31.4 Å². The third-order valence-corrected chi connectivity index (χ3v) is 4.68. The molecule has 0 bridgehead atoms. The van der Waals surface area contributed by atoms with E-state index in [0.29, 0.717) is 12.4 Å². The largest absolute Gasteiger partial charge is 0.402 e. The fourth-order valence-electron chi connectivity index (χ4n) is 1.82. The van der Waals surface area contributed by atoms with E-state index in [2.05, 4.69) is 25.8 Å². The van der Waals surface area contributed by atoms with Crippen molar-refractivity contribution in [1.82, 2.24) is 20.5 Å². The fraction of sp³-hybridized carbons (Fsp3) is 0.231. The Morgan fingerprint density at radius 3 is 2.91 bits per heavy atom. The maximum Gasteiger partial charge on any atom is 0.324 e. The van der Waals surface area contributed by atoms with E-state index in [4.69, 9.17) is 4.42 Å². The predicted molar refractivity (Wildman–Crippen MR) is 85.1 cm³/mol. The minimum Gasteiger partial charge on any atom is -0.402 e. The Labute approximate surface area is 134 Å². The van der Waals surface area contributed by atoms with Crippen molar-refractivity contribution >= 4 is 34.7 Å². The Morgan fingerprint density at radius 2 is 2.23 bits per heavy atom. The van der Waals surface area contributed by atoms with Gasteiger partial charge in [0.05, 0.1) is 17.2 Å². The molecule has 3 aromatic heterocycles. The molecule has 3 heterocycles. The Hall–Kier alpha value is -2.26. The molecule has 3 aromatic rings. The van der Waals surface area contributed by atoms with Gasteiger partial charge in [-0.25, -0.2) is 9.78 Å². The summed E-state index contributed by atoms with van der Waals surface area (Å²) < 4.78 is 5.45. The van der Waals surface area contributed by atoms with Gasteiger partial charge >= 0.3 is 12.0 Å². The second kappa shape index (κ2) is 6.24. The molecule has 0 aliphatic carbocycles. The van der Waals surface area contributed by atoms with E-state index >= 15 is 0 Å². The van der Waals surface area contributed by atoms with Crippen LogP contribution >= 0.6 is 22.7 Å². The van der Waals surface area contributed by atoms with Crippen LogP contribution in [0.4, 0.5) is 10.8 Å². The van der Waals surface area contributed by atoms with Crippen molar-refractivity contribution in [3.8, 4) is 10.8 Å². The average molecular weight is 335 g/mol. The number of aryl methyl sites for hydroxylation is 2. The summed E-state index contributed by atoms with van der Waals surface area (Å²) in [5.41, 5.74) is 0.833. The van der Waals surface area contributed by atoms with Gasteiger partial charge < -0.3 is 9.73 Å². The summed E-state index contributed by atoms with van der Waals surface area (Å²) >= 11 is 3.05. The smallest absolute Gasteiger partial charge is 0.324 e. The van der Waals surface area contributed by atoms with E-state index in [9.17, 15) is 4.79 Å². The van der Waals surface area contributed by atoms with Crippen molar-refractivity contribution in [2.75, 3.05) is 5.32 Å². The van der Waals surface area contributed by atoms with Crippen molar-refractivity contribution in [3.05, 3.63) is 33.1 Å². The normalized spacial score (nSPS) is 10.6. The molecular weight excluding hydrogens is 322 g/mol. The van der Waals surface area contributed by atoms with Crippen molar-refractivity contribution in [2.24, 2.45) is 0 Å². The maximum absolute atomic E-state index is 11.8. The SMILES string of the molecule is Cc1nc(C)c(-c2nnc(NC(=O)NCc3cccs3)o2)s1. The highest BCUT2D eigenvalue weighted by Crippen LogP contribution is 2.29. The topological polar surface area (TPSA) is 92.9 Å². The molecule has 22 heavy (non-hydrogen) atoms. The highest BCUT2D eigenvalue weighted by atomic mass is 32.1. The summed E-state index contributed by atoms with van der Waals surface area (Å²) in [5, 5.41) is 15.9. The van der Waals surface area contributed by atoms with Crippen molar-refractivity contribution < 1.29 is 9.21 Å². The van der Waals surface area contributed by atoms with Crippen LogP contribution in [0.1, 0.15) is 15.6 Å². The number of urea groups is 1. The summed E-state index contributed by atoms with van der Waals surface area (Å²) in [6.45, 7) is 4.25. The standard InChI is InChI=1S/C13H13N5O2S2/c1-7-10(22-8(2)15-7)11-17-18-13(20-11)16-12(19)14-6-9-4-3-5-21-9/h3-5H,6H2,1-2H3,(H2,14,16,18,19). The summed E-state index contributed by atoms with van der Waals surface area (Å²) in [6, 6.07) is 3.55. The monoisotopic (exact) mass is 335 g/mol. The Bertz CT molecular complexity index is 778. The Balaban J connectivity index is 1.61. The lowest BCUT2D eigenvalue weighted by Gasteiger charge is -2.02. The number of hydrogen-bond acceptors (Lipinski definition) is 7. The van der Waals surface area contributed by atoms with Crippen LogP contribution in [0.3, 0.4) is 0 Å². The summed E-state index contributed by atoms with van der Waals surface area (Å²) in [6.07, 6.45) is 0. The van der Waals surface area contributed by atoms with Crippen LogP contribution in [0.2, 0.25) is 0 Å². The molecule has 0 radical (unpaired) electrons. The number of hydrogen-bond donors (Lipinski definition) is 2. The molecule has 0 aliphatic heterocycles. The maximum atomic E-state index is 11.8.